The summed E-state index contributed by atoms with van der Waals surface area (Å²) in [4.78, 5) is 21.5. The van der Waals surface area contributed by atoms with Crippen molar-refractivity contribution in [2.45, 2.75) is 24.0 Å². The standard InChI is InChI=1S/C9H12N4O3S/c14-7-2-1-6(3-10-7)13-5-11-12-9(13)17-4-8(15)16/h5-6H,1-4H2,(H,10,14)(H,15,16). The van der Waals surface area contributed by atoms with Crippen LogP contribution in [0.5, 0.6) is 0 Å². The number of thioether (sulfide) groups is 1. The molecule has 1 fully saturated rings. The Balaban J connectivity index is 2.02. The first-order chi connectivity index (χ1) is 8.16. The number of rotatable bonds is 4. The van der Waals surface area contributed by atoms with Crippen LogP contribution < -0.4 is 5.32 Å². The molecule has 17 heavy (non-hydrogen) atoms. The first kappa shape index (κ1) is 11.9. The number of nitrogens with zero attached hydrogens (tertiary/aromatic N) is 3. The maximum absolute atomic E-state index is 11.0. The smallest absolute Gasteiger partial charge is 0.313 e. The van der Waals surface area contributed by atoms with Gasteiger partial charge in [-0.25, -0.2) is 0 Å². The van der Waals surface area contributed by atoms with Crippen LogP contribution in [0.25, 0.3) is 0 Å². The summed E-state index contributed by atoms with van der Waals surface area (Å²) in [6.45, 7) is 0.539. The lowest BCUT2D eigenvalue weighted by molar-refractivity contribution is -0.134. The van der Waals surface area contributed by atoms with Gasteiger partial charge in [0.2, 0.25) is 5.91 Å². The summed E-state index contributed by atoms with van der Waals surface area (Å²) in [7, 11) is 0. The van der Waals surface area contributed by atoms with Crippen LogP contribution >= 0.6 is 11.8 Å². The Bertz CT molecular complexity index is 424. The van der Waals surface area contributed by atoms with E-state index >= 15 is 0 Å². The van der Waals surface area contributed by atoms with E-state index in [1.54, 1.807) is 6.33 Å². The van der Waals surface area contributed by atoms with Crippen molar-refractivity contribution in [3.05, 3.63) is 6.33 Å². The molecule has 0 aliphatic carbocycles. The molecule has 2 N–H and O–H groups in total. The van der Waals surface area contributed by atoms with Crippen molar-refractivity contribution < 1.29 is 14.7 Å². The zero-order valence-corrected chi connectivity index (χ0v) is 9.81. The fraction of sp³-hybridized carbons (Fsp3) is 0.556. The quantitative estimate of drug-likeness (QED) is 0.730. The number of carbonyl (C=O) groups excluding carboxylic acids is 1. The summed E-state index contributed by atoms with van der Waals surface area (Å²) in [6, 6.07) is 0.110. The zero-order valence-electron chi connectivity index (χ0n) is 9.00. The Kier molecular flexibility index (Phi) is 3.62. The van der Waals surface area contributed by atoms with Crippen LogP contribution in [0, 0.1) is 0 Å². The second-order valence-corrected chi connectivity index (χ2v) is 4.64. The van der Waals surface area contributed by atoms with Crippen LogP contribution in [0.15, 0.2) is 11.5 Å². The highest BCUT2D eigenvalue weighted by Crippen LogP contribution is 2.23. The van der Waals surface area contributed by atoms with Gasteiger partial charge in [0, 0.05) is 13.0 Å². The van der Waals surface area contributed by atoms with Crippen LogP contribution in [-0.4, -0.2) is 44.0 Å². The number of aromatic nitrogens is 3. The Labute approximate surface area is 102 Å². The predicted octanol–water partition coefficient (Wildman–Crippen LogP) is -0.0941. The highest BCUT2D eigenvalue weighted by molar-refractivity contribution is 7.99. The van der Waals surface area contributed by atoms with E-state index in [9.17, 15) is 9.59 Å². The molecule has 2 rings (SSSR count). The largest absolute Gasteiger partial charge is 0.481 e. The number of hydrogen-bond donors (Lipinski definition) is 2. The van der Waals surface area contributed by atoms with Crippen molar-refractivity contribution in [1.82, 2.24) is 20.1 Å². The highest BCUT2D eigenvalue weighted by atomic mass is 32.2. The maximum Gasteiger partial charge on any atom is 0.313 e. The minimum absolute atomic E-state index is 0.0439. The van der Waals surface area contributed by atoms with E-state index in [0.29, 0.717) is 18.1 Å². The predicted molar refractivity (Wildman–Crippen MR) is 59.7 cm³/mol. The summed E-state index contributed by atoms with van der Waals surface area (Å²) in [5, 5.41) is 19.6. The van der Waals surface area contributed by atoms with E-state index in [1.165, 1.54) is 0 Å². The number of carboxylic acid groups (broad SMARTS) is 1. The molecular formula is C9H12N4O3S. The normalized spacial score (nSPS) is 20.0. The Hall–Kier alpha value is -1.57. The van der Waals surface area contributed by atoms with Gasteiger partial charge in [-0.1, -0.05) is 11.8 Å². The summed E-state index contributed by atoms with van der Waals surface area (Å²) >= 11 is 1.13. The molecular weight excluding hydrogens is 244 g/mol. The number of hydrogen-bond acceptors (Lipinski definition) is 5. The van der Waals surface area contributed by atoms with Crippen molar-refractivity contribution in [3.8, 4) is 0 Å². The number of amides is 1. The van der Waals surface area contributed by atoms with Crippen LogP contribution in [0.2, 0.25) is 0 Å². The molecule has 92 valence electrons. The minimum atomic E-state index is -0.888. The van der Waals surface area contributed by atoms with Gasteiger partial charge in [-0.15, -0.1) is 10.2 Å². The first-order valence-electron chi connectivity index (χ1n) is 5.17. The van der Waals surface area contributed by atoms with Gasteiger partial charge in [0.25, 0.3) is 0 Å². The molecule has 1 aliphatic heterocycles. The van der Waals surface area contributed by atoms with Gasteiger partial charge in [0.05, 0.1) is 11.8 Å². The zero-order chi connectivity index (χ0) is 12.3. The lowest BCUT2D eigenvalue weighted by Crippen LogP contribution is -2.36. The maximum atomic E-state index is 11.0. The molecule has 0 bridgehead atoms. The Morgan fingerprint density at radius 3 is 3.18 bits per heavy atom. The molecule has 8 heteroatoms. The number of piperidine rings is 1. The van der Waals surface area contributed by atoms with Gasteiger partial charge in [-0.05, 0) is 6.42 Å². The van der Waals surface area contributed by atoms with Crippen molar-refractivity contribution in [1.29, 1.82) is 0 Å². The van der Waals surface area contributed by atoms with E-state index in [1.807, 2.05) is 4.57 Å². The average molecular weight is 256 g/mol. The summed E-state index contributed by atoms with van der Waals surface area (Å²) in [5.74, 6) is -0.881. The Morgan fingerprint density at radius 1 is 1.71 bits per heavy atom. The van der Waals surface area contributed by atoms with Crippen molar-refractivity contribution in [2.75, 3.05) is 12.3 Å². The molecule has 0 saturated carbocycles. The minimum Gasteiger partial charge on any atom is -0.481 e. The second-order valence-electron chi connectivity index (χ2n) is 3.70. The van der Waals surface area contributed by atoms with Crippen molar-refractivity contribution in [3.63, 3.8) is 0 Å². The summed E-state index contributed by atoms with van der Waals surface area (Å²) < 4.78 is 1.83. The molecule has 0 spiro atoms. The second kappa shape index (κ2) is 5.17. The molecule has 1 atom stereocenters. The van der Waals surface area contributed by atoms with Gasteiger partial charge >= 0.3 is 5.97 Å². The number of nitrogens with one attached hydrogen (secondary N) is 1. The van der Waals surface area contributed by atoms with Crippen LogP contribution in [0.1, 0.15) is 18.9 Å². The molecule has 1 unspecified atom stereocenters. The summed E-state index contributed by atoms with van der Waals surface area (Å²) in [6.07, 6.45) is 2.78. The van der Waals surface area contributed by atoms with Gasteiger partial charge in [0.1, 0.15) is 6.33 Å². The molecule has 1 aliphatic rings. The summed E-state index contributed by atoms with van der Waals surface area (Å²) in [5.41, 5.74) is 0. The molecule has 0 radical (unpaired) electrons. The average Bonchev–Trinajstić information content (AvgIpc) is 2.75. The SMILES string of the molecule is O=C(O)CSc1nncn1C1CCC(=O)NC1. The van der Waals surface area contributed by atoms with Crippen LogP contribution in [0.4, 0.5) is 0 Å². The van der Waals surface area contributed by atoms with E-state index in [4.69, 9.17) is 5.11 Å². The van der Waals surface area contributed by atoms with Crippen molar-refractivity contribution in [2.24, 2.45) is 0 Å². The fourth-order valence-electron chi connectivity index (χ4n) is 1.67. The third kappa shape index (κ3) is 2.96. The van der Waals surface area contributed by atoms with Gasteiger partial charge in [-0.3, -0.25) is 9.59 Å². The molecule has 0 aromatic carbocycles. The van der Waals surface area contributed by atoms with E-state index < -0.39 is 5.97 Å². The van der Waals surface area contributed by atoms with E-state index in [2.05, 4.69) is 15.5 Å². The van der Waals surface area contributed by atoms with Crippen molar-refractivity contribution >= 4 is 23.6 Å². The number of carboxylic acids is 1. The lowest BCUT2D eigenvalue weighted by Gasteiger charge is -2.24. The topological polar surface area (TPSA) is 97.1 Å². The highest BCUT2D eigenvalue weighted by Gasteiger charge is 2.22. The van der Waals surface area contributed by atoms with E-state index in [-0.39, 0.29) is 17.7 Å². The molecule has 1 saturated heterocycles. The van der Waals surface area contributed by atoms with Crippen LogP contribution in [-0.2, 0) is 9.59 Å². The fourth-order valence-corrected chi connectivity index (χ4v) is 2.37. The van der Waals surface area contributed by atoms with Gasteiger partial charge < -0.3 is 15.0 Å². The lowest BCUT2D eigenvalue weighted by atomic mass is 10.1. The Morgan fingerprint density at radius 2 is 2.53 bits per heavy atom. The first-order valence-corrected chi connectivity index (χ1v) is 6.16. The number of carbonyl (C=O) groups is 2. The van der Waals surface area contributed by atoms with Gasteiger partial charge in [0.15, 0.2) is 5.16 Å². The molecule has 1 aromatic rings. The third-order valence-electron chi connectivity index (χ3n) is 2.50. The third-order valence-corrected chi connectivity index (χ3v) is 3.44. The molecule has 2 heterocycles. The molecule has 1 aromatic heterocycles. The number of aliphatic carboxylic acids is 1. The van der Waals surface area contributed by atoms with Crippen LogP contribution in [0.3, 0.4) is 0 Å². The monoisotopic (exact) mass is 256 g/mol. The van der Waals surface area contributed by atoms with Gasteiger partial charge in [-0.2, -0.15) is 0 Å². The molecule has 1 amide bonds. The van der Waals surface area contributed by atoms with E-state index in [0.717, 1.165) is 18.2 Å². The molecule has 7 nitrogen and oxygen atoms in total.